The zero-order valence-electron chi connectivity index (χ0n) is 13.3. The second-order valence-electron chi connectivity index (χ2n) is 6.42. The molecular formula is C18H19N2O2S+. The smallest absolute Gasteiger partial charge is 0.303 e. The summed E-state index contributed by atoms with van der Waals surface area (Å²) in [5.41, 5.74) is 3.71. The van der Waals surface area contributed by atoms with Crippen LogP contribution in [0.15, 0.2) is 29.6 Å². The molecule has 1 aromatic heterocycles. The topological polar surface area (TPSA) is 41.8 Å². The molecule has 1 unspecified atom stereocenters. The van der Waals surface area contributed by atoms with E-state index in [-0.39, 0.29) is 11.7 Å². The minimum atomic E-state index is -0.388. The number of nitrogens with one attached hydrogen (secondary N) is 1. The van der Waals surface area contributed by atoms with Crippen molar-refractivity contribution in [3.8, 4) is 0 Å². The maximum Gasteiger partial charge on any atom is 0.303 e. The third-order valence-corrected chi connectivity index (χ3v) is 6.02. The molecule has 0 saturated carbocycles. The van der Waals surface area contributed by atoms with Gasteiger partial charge in [-0.1, -0.05) is 11.6 Å². The number of amides is 1. The molecule has 0 aliphatic carbocycles. The van der Waals surface area contributed by atoms with E-state index in [1.807, 2.05) is 36.5 Å². The molecule has 1 amide bonds. The zero-order valence-corrected chi connectivity index (χ0v) is 14.1. The van der Waals surface area contributed by atoms with Crippen molar-refractivity contribution in [2.75, 3.05) is 18.1 Å². The molecule has 2 aliphatic heterocycles. The van der Waals surface area contributed by atoms with Crippen LogP contribution in [0.2, 0.25) is 0 Å². The third-order valence-electron chi connectivity index (χ3n) is 5.02. The van der Waals surface area contributed by atoms with Crippen LogP contribution in [-0.2, 0) is 11.2 Å². The van der Waals surface area contributed by atoms with Gasteiger partial charge in [0.2, 0.25) is 0 Å². The van der Waals surface area contributed by atoms with Crippen molar-refractivity contribution in [3.05, 3.63) is 51.2 Å². The average molecular weight is 327 g/mol. The van der Waals surface area contributed by atoms with Crippen LogP contribution in [0.1, 0.15) is 39.3 Å². The molecule has 1 N–H and O–H groups in total. The number of nitrogens with zero attached hydrogens (tertiary/aromatic N) is 1. The highest BCUT2D eigenvalue weighted by Crippen LogP contribution is 2.30. The SMILES string of the molecule is Cc1ccc2c(c1)C(=O)C(=O)N2C[NH+]1CCc2sccc2[C@@H]1C. The van der Waals surface area contributed by atoms with E-state index in [2.05, 4.69) is 18.4 Å². The fourth-order valence-electron chi connectivity index (χ4n) is 3.64. The van der Waals surface area contributed by atoms with Gasteiger partial charge in [0.05, 0.1) is 17.8 Å². The number of ketones is 1. The number of aryl methyl sites for hydroxylation is 1. The quantitative estimate of drug-likeness (QED) is 0.854. The van der Waals surface area contributed by atoms with Crippen LogP contribution in [0.4, 0.5) is 5.69 Å². The van der Waals surface area contributed by atoms with Crippen LogP contribution < -0.4 is 9.80 Å². The van der Waals surface area contributed by atoms with Gasteiger partial charge in [-0.25, -0.2) is 0 Å². The van der Waals surface area contributed by atoms with Crippen LogP contribution in [0.25, 0.3) is 0 Å². The number of rotatable bonds is 2. The van der Waals surface area contributed by atoms with E-state index < -0.39 is 0 Å². The Bertz CT molecular complexity index is 811. The van der Waals surface area contributed by atoms with Crippen molar-refractivity contribution < 1.29 is 14.5 Å². The Kier molecular flexibility index (Phi) is 3.36. The van der Waals surface area contributed by atoms with Crippen LogP contribution in [0.5, 0.6) is 0 Å². The Morgan fingerprint density at radius 2 is 2.13 bits per heavy atom. The Morgan fingerprint density at radius 3 is 2.96 bits per heavy atom. The third kappa shape index (κ3) is 2.23. The van der Waals surface area contributed by atoms with E-state index in [4.69, 9.17) is 0 Å². The van der Waals surface area contributed by atoms with Gasteiger partial charge in [-0.3, -0.25) is 14.5 Å². The number of anilines is 1. The van der Waals surface area contributed by atoms with Gasteiger partial charge in [-0.15, -0.1) is 11.3 Å². The molecule has 4 nitrogen and oxygen atoms in total. The highest BCUT2D eigenvalue weighted by Gasteiger charge is 2.39. The summed E-state index contributed by atoms with van der Waals surface area (Å²) in [6, 6.07) is 8.23. The minimum Gasteiger partial charge on any atom is -0.311 e. The molecule has 118 valence electrons. The fourth-order valence-corrected chi connectivity index (χ4v) is 4.62. The molecule has 2 aliphatic rings. The molecule has 2 atom stereocenters. The van der Waals surface area contributed by atoms with Crippen LogP contribution >= 0.6 is 11.3 Å². The zero-order chi connectivity index (χ0) is 16.1. The van der Waals surface area contributed by atoms with E-state index in [9.17, 15) is 9.59 Å². The summed E-state index contributed by atoms with van der Waals surface area (Å²) in [5.74, 6) is -0.759. The van der Waals surface area contributed by atoms with Crippen molar-refractivity contribution in [1.29, 1.82) is 0 Å². The number of quaternary nitrogens is 1. The fraction of sp³-hybridized carbons (Fsp3) is 0.333. The van der Waals surface area contributed by atoms with E-state index >= 15 is 0 Å². The van der Waals surface area contributed by atoms with E-state index in [0.29, 0.717) is 18.3 Å². The van der Waals surface area contributed by atoms with Crippen LogP contribution in [0, 0.1) is 6.92 Å². The predicted octanol–water partition coefficient (Wildman–Crippen LogP) is 1.75. The maximum atomic E-state index is 12.4. The molecule has 3 heterocycles. The molecule has 23 heavy (non-hydrogen) atoms. The van der Waals surface area contributed by atoms with Gasteiger partial charge >= 0.3 is 5.91 Å². The number of carbonyl (C=O) groups is 2. The first-order valence-electron chi connectivity index (χ1n) is 7.94. The van der Waals surface area contributed by atoms with Crippen molar-refractivity contribution >= 4 is 28.7 Å². The van der Waals surface area contributed by atoms with Gasteiger partial charge in [-0.05, 0) is 37.4 Å². The molecular weight excluding hydrogens is 308 g/mol. The summed E-state index contributed by atoms with van der Waals surface area (Å²) >= 11 is 1.82. The number of Topliss-reactive ketones (excluding diaryl/α,β-unsaturated/α-hetero) is 1. The number of benzene rings is 1. The minimum absolute atomic E-state index is 0.349. The lowest BCUT2D eigenvalue weighted by molar-refractivity contribution is -0.930. The van der Waals surface area contributed by atoms with Gasteiger partial charge in [-0.2, -0.15) is 0 Å². The van der Waals surface area contributed by atoms with Crippen molar-refractivity contribution in [2.45, 2.75) is 26.3 Å². The second-order valence-corrected chi connectivity index (χ2v) is 7.42. The lowest BCUT2D eigenvalue weighted by Gasteiger charge is -2.33. The molecule has 0 bridgehead atoms. The van der Waals surface area contributed by atoms with Crippen LogP contribution in [-0.4, -0.2) is 24.9 Å². The highest BCUT2D eigenvalue weighted by atomic mass is 32.1. The summed E-state index contributed by atoms with van der Waals surface area (Å²) < 4.78 is 0. The molecule has 4 rings (SSSR count). The highest BCUT2D eigenvalue weighted by molar-refractivity contribution is 7.10. The summed E-state index contributed by atoms with van der Waals surface area (Å²) in [4.78, 5) is 29.1. The molecule has 0 spiro atoms. The summed E-state index contributed by atoms with van der Waals surface area (Å²) in [7, 11) is 0. The molecule has 2 aromatic rings. The first-order chi connectivity index (χ1) is 11.1. The Hall–Kier alpha value is -1.98. The first-order valence-corrected chi connectivity index (χ1v) is 8.82. The van der Waals surface area contributed by atoms with Crippen molar-refractivity contribution in [3.63, 3.8) is 0 Å². The second kappa shape index (κ2) is 5.28. The van der Waals surface area contributed by atoms with Crippen LogP contribution in [0.3, 0.4) is 0 Å². The largest absolute Gasteiger partial charge is 0.311 e. The van der Waals surface area contributed by atoms with E-state index in [1.54, 1.807) is 4.90 Å². The van der Waals surface area contributed by atoms with E-state index in [0.717, 1.165) is 24.2 Å². The number of fused-ring (bicyclic) bond motifs is 2. The molecule has 1 aromatic carbocycles. The number of hydrogen-bond acceptors (Lipinski definition) is 3. The Labute approximate surface area is 139 Å². The lowest BCUT2D eigenvalue weighted by atomic mass is 10.0. The van der Waals surface area contributed by atoms with Gasteiger partial charge in [0.1, 0.15) is 6.04 Å². The van der Waals surface area contributed by atoms with Gasteiger partial charge < -0.3 is 4.90 Å². The van der Waals surface area contributed by atoms with Crippen molar-refractivity contribution in [1.82, 2.24) is 0 Å². The summed E-state index contributed by atoms with van der Waals surface area (Å²) in [5, 5.41) is 2.15. The van der Waals surface area contributed by atoms with Gasteiger partial charge in [0.15, 0.2) is 6.67 Å². The summed E-state index contributed by atoms with van der Waals surface area (Å²) in [6.45, 7) is 5.69. The average Bonchev–Trinajstić information content (AvgIpc) is 3.10. The number of hydrogen-bond donors (Lipinski definition) is 1. The van der Waals surface area contributed by atoms with Crippen molar-refractivity contribution in [2.24, 2.45) is 0 Å². The molecule has 5 heteroatoms. The molecule has 0 radical (unpaired) electrons. The Balaban J connectivity index is 1.63. The normalized spacial score (nSPS) is 23.1. The van der Waals surface area contributed by atoms with E-state index in [1.165, 1.54) is 15.3 Å². The molecule has 0 saturated heterocycles. The van der Waals surface area contributed by atoms with Gasteiger partial charge in [0, 0.05) is 16.9 Å². The number of carbonyl (C=O) groups excluding carboxylic acids is 2. The maximum absolute atomic E-state index is 12.4. The molecule has 0 fully saturated rings. The number of thiophene rings is 1. The standard InChI is InChI=1S/C18H18N2O2S/c1-11-3-4-15-14(9-11)17(21)18(22)20(15)10-19-7-5-16-13(12(19)2)6-8-23-16/h3-4,6,8-9,12H,5,7,10H2,1-2H3/p+1/t12-/m0/s1. The first kappa shape index (κ1) is 14.6. The monoisotopic (exact) mass is 327 g/mol. The summed E-state index contributed by atoms with van der Waals surface area (Å²) in [6.07, 6.45) is 1.05. The van der Waals surface area contributed by atoms with Gasteiger partial charge in [0.25, 0.3) is 5.78 Å². The lowest BCUT2D eigenvalue weighted by Crippen LogP contribution is -3.14. The predicted molar refractivity (Wildman–Crippen MR) is 90.1 cm³/mol. The Morgan fingerprint density at radius 1 is 1.30 bits per heavy atom.